The Kier molecular flexibility index (Phi) is 6.00. The van der Waals surface area contributed by atoms with Gasteiger partial charge in [-0.2, -0.15) is 0 Å². The molecule has 1 aliphatic heterocycles. The van der Waals surface area contributed by atoms with Crippen molar-refractivity contribution in [1.29, 1.82) is 0 Å². The first-order chi connectivity index (χ1) is 18.0. The third kappa shape index (κ3) is 4.29. The number of aliphatic hydroxyl groups excluding tert-OH is 2. The molecular weight excluding hydrogens is 474 g/mol. The van der Waals surface area contributed by atoms with Gasteiger partial charge in [-0.3, -0.25) is 9.36 Å². The fourth-order valence-electron chi connectivity index (χ4n) is 4.85. The van der Waals surface area contributed by atoms with Crippen molar-refractivity contribution < 1.29 is 19.7 Å². The third-order valence-electron chi connectivity index (χ3n) is 6.87. The standard InChI is InChI=1S/C26H27N7O4/c1-2-11-32-12-15(17-5-3-4-6-18(17)32)9-10-27-23-19-24(29-13-28-23)33(14-30-19)26-21(35)20(34)22(37-26)25(36)31-16-7-8-16/h1,3-6,12-14,16,20-22,26,34-35H,7-11H2,(H,31,36)(H,27,28,29)/t20-,21+,22-,26?/m0/s1. The number of fused-ring (bicyclic) bond motifs is 2. The molecule has 1 aliphatic carbocycles. The molecule has 6 rings (SSSR count). The fourth-order valence-corrected chi connectivity index (χ4v) is 4.85. The Labute approximate surface area is 212 Å². The molecule has 1 saturated heterocycles. The molecule has 4 N–H and O–H groups in total. The van der Waals surface area contributed by atoms with Gasteiger partial charge in [-0.15, -0.1) is 6.42 Å². The Morgan fingerprint density at radius 2 is 2.03 bits per heavy atom. The molecule has 3 aromatic heterocycles. The third-order valence-corrected chi connectivity index (χ3v) is 6.87. The second kappa shape index (κ2) is 9.48. The van der Waals surface area contributed by atoms with E-state index in [2.05, 4.69) is 54.4 Å². The molecule has 0 radical (unpaired) electrons. The molecule has 2 aliphatic rings. The number of carbonyl (C=O) groups excluding carboxylic acids is 1. The number of para-hydroxylation sites is 1. The van der Waals surface area contributed by atoms with E-state index in [4.69, 9.17) is 11.2 Å². The molecule has 37 heavy (non-hydrogen) atoms. The van der Waals surface area contributed by atoms with Gasteiger partial charge in [0, 0.05) is 29.7 Å². The van der Waals surface area contributed by atoms with E-state index in [0.717, 1.165) is 30.2 Å². The van der Waals surface area contributed by atoms with Crippen molar-refractivity contribution >= 4 is 33.8 Å². The van der Waals surface area contributed by atoms with Gasteiger partial charge in [0.05, 0.1) is 12.9 Å². The van der Waals surface area contributed by atoms with Crippen molar-refractivity contribution in [3.8, 4) is 12.3 Å². The molecule has 0 bridgehead atoms. The van der Waals surface area contributed by atoms with Gasteiger partial charge in [0.25, 0.3) is 5.91 Å². The molecule has 11 heteroatoms. The van der Waals surface area contributed by atoms with Crippen LogP contribution in [0.5, 0.6) is 0 Å². The number of rotatable bonds is 8. The summed E-state index contributed by atoms with van der Waals surface area (Å²) in [5, 5.41) is 28.4. The van der Waals surface area contributed by atoms with E-state index >= 15 is 0 Å². The van der Waals surface area contributed by atoms with Crippen LogP contribution in [0.1, 0.15) is 24.6 Å². The number of terminal acetylenes is 1. The number of aromatic nitrogens is 5. The topological polar surface area (TPSA) is 139 Å². The Balaban J connectivity index is 1.19. The average molecular weight is 502 g/mol. The summed E-state index contributed by atoms with van der Waals surface area (Å²) in [7, 11) is 0. The highest BCUT2D eigenvalue weighted by Gasteiger charge is 2.48. The molecule has 1 aromatic carbocycles. The SMILES string of the molecule is C#CCn1cc(CCNc2ncnc3c2ncn3C2O[C@H](C(=O)NC3CC3)[C@@H](O)[C@H]2O)c2ccccc21. The van der Waals surface area contributed by atoms with Crippen molar-refractivity contribution in [1.82, 2.24) is 29.4 Å². The lowest BCUT2D eigenvalue weighted by Crippen LogP contribution is -2.43. The molecule has 0 spiro atoms. The maximum atomic E-state index is 12.5. The minimum atomic E-state index is -1.36. The summed E-state index contributed by atoms with van der Waals surface area (Å²) in [5.41, 5.74) is 3.18. The number of anilines is 1. The van der Waals surface area contributed by atoms with Gasteiger partial charge < -0.3 is 30.2 Å². The maximum Gasteiger partial charge on any atom is 0.252 e. The Bertz CT molecular complexity index is 1500. The van der Waals surface area contributed by atoms with E-state index in [9.17, 15) is 15.0 Å². The average Bonchev–Trinajstić information content (AvgIpc) is 3.39. The van der Waals surface area contributed by atoms with Crippen molar-refractivity contribution in [2.75, 3.05) is 11.9 Å². The Hall–Kier alpha value is -3.98. The van der Waals surface area contributed by atoms with Crippen molar-refractivity contribution in [2.45, 2.75) is 56.4 Å². The molecule has 2 fully saturated rings. The highest BCUT2D eigenvalue weighted by atomic mass is 16.6. The van der Waals surface area contributed by atoms with Crippen LogP contribution in [0.25, 0.3) is 22.1 Å². The predicted molar refractivity (Wildman–Crippen MR) is 135 cm³/mol. The highest BCUT2D eigenvalue weighted by Crippen LogP contribution is 2.33. The fraction of sp³-hybridized carbons (Fsp3) is 0.385. The lowest BCUT2D eigenvalue weighted by molar-refractivity contribution is -0.137. The van der Waals surface area contributed by atoms with Gasteiger partial charge in [0.1, 0.15) is 18.5 Å². The molecule has 4 aromatic rings. The molecule has 1 saturated carbocycles. The zero-order valence-electron chi connectivity index (χ0n) is 20.0. The largest absolute Gasteiger partial charge is 0.387 e. The van der Waals surface area contributed by atoms with Gasteiger partial charge in [-0.25, -0.2) is 15.0 Å². The Morgan fingerprint density at radius 1 is 1.19 bits per heavy atom. The normalized spacial score (nSPS) is 23.4. The zero-order valence-corrected chi connectivity index (χ0v) is 20.0. The van der Waals surface area contributed by atoms with E-state index < -0.39 is 30.4 Å². The lowest BCUT2D eigenvalue weighted by atomic mass is 10.1. The van der Waals surface area contributed by atoms with E-state index in [0.29, 0.717) is 30.1 Å². The molecule has 1 unspecified atom stereocenters. The van der Waals surface area contributed by atoms with Crippen LogP contribution in [0.15, 0.2) is 43.1 Å². The summed E-state index contributed by atoms with van der Waals surface area (Å²) in [5.74, 6) is 2.80. The predicted octanol–water partition coefficient (Wildman–Crippen LogP) is 0.967. The lowest BCUT2D eigenvalue weighted by Gasteiger charge is -2.16. The van der Waals surface area contributed by atoms with Gasteiger partial charge in [-0.1, -0.05) is 24.1 Å². The summed E-state index contributed by atoms with van der Waals surface area (Å²) in [4.78, 5) is 25.6. The summed E-state index contributed by atoms with van der Waals surface area (Å²) >= 11 is 0. The van der Waals surface area contributed by atoms with Crippen LogP contribution in [-0.2, 0) is 22.5 Å². The molecule has 4 heterocycles. The maximum absolute atomic E-state index is 12.5. The van der Waals surface area contributed by atoms with Crippen molar-refractivity contribution in [3.05, 3.63) is 48.7 Å². The number of nitrogens with one attached hydrogen (secondary N) is 2. The van der Waals surface area contributed by atoms with Crippen LogP contribution in [0, 0.1) is 12.3 Å². The van der Waals surface area contributed by atoms with Crippen LogP contribution in [0.4, 0.5) is 5.82 Å². The second-order valence-electron chi connectivity index (χ2n) is 9.44. The van der Waals surface area contributed by atoms with E-state index in [-0.39, 0.29) is 6.04 Å². The number of amides is 1. The van der Waals surface area contributed by atoms with Gasteiger partial charge in [-0.05, 0) is 30.9 Å². The van der Waals surface area contributed by atoms with Gasteiger partial charge in [0.15, 0.2) is 29.3 Å². The molecule has 11 nitrogen and oxygen atoms in total. The number of aliphatic hydroxyl groups is 2. The number of ether oxygens (including phenoxy) is 1. The first-order valence-electron chi connectivity index (χ1n) is 12.3. The number of imidazole rings is 1. The van der Waals surface area contributed by atoms with Crippen LogP contribution in [0.3, 0.4) is 0 Å². The molecule has 4 atom stereocenters. The summed E-state index contributed by atoms with van der Waals surface area (Å²) < 4.78 is 9.37. The number of hydrogen-bond acceptors (Lipinski definition) is 8. The zero-order chi connectivity index (χ0) is 25.5. The quantitative estimate of drug-likeness (QED) is 0.262. The number of hydrogen-bond donors (Lipinski definition) is 4. The smallest absolute Gasteiger partial charge is 0.252 e. The number of benzene rings is 1. The summed E-state index contributed by atoms with van der Waals surface area (Å²) in [6.45, 7) is 1.10. The van der Waals surface area contributed by atoms with Crippen LogP contribution < -0.4 is 10.6 Å². The monoisotopic (exact) mass is 501 g/mol. The minimum absolute atomic E-state index is 0.115. The van der Waals surface area contributed by atoms with Crippen LogP contribution in [-0.4, -0.2) is 71.1 Å². The summed E-state index contributed by atoms with van der Waals surface area (Å²) in [6.07, 6.45) is 8.17. The second-order valence-corrected chi connectivity index (χ2v) is 9.44. The first kappa shape index (κ1) is 23.4. The molecule has 1 amide bonds. The number of nitrogens with zero attached hydrogens (tertiary/aromatic N) is 5. The molecular formula is C26H27N7O4. The highest BCUT2D eigenvalue weighted by molar-refractivity contribution is 5.85. The minimum Gasteiger partial charge on any atom is -0.387 e. The van der Waals surface area contributed by atoms with Crippen LogP contribution >= 0.6 is 0 Å². The summed E-state index contributed by atoms with van der Waals surface area (Å²) in [6, 6.07) is 8.26. The Morgan fingerprint density at radius 3 is 2.84 bits per heavy atom. The van der Waals surface area contributed by atoms with E-state index in [1.54, 1.807) is 0 Å². The van der Waals surface area contributed by atoms with Crippen molar-refractivity contribution in [3.63, 3.8) is 0 Å². The molecule has 190 valence electrons. The first-order valence-corrected chi connectivity index (χ1v) is 12.3. The number of carbonyl (C=O) groups is 1. The van der Waals surface area contributed by atoms with E-state index in [1.807, 2.05) is 12.1 Å². The van der Waals surface area contributed by atoms with Gasteiger partial charge in [0.2, 0.25) is 0 Å². The van der Waals surface area contributed by atoms with E-state index in [1.165, 1.54) is 22.8 Å². The van der Waals surface area contributed by atoms with Crippen LogP contribution in [0.2, 0.25) is 0 Å². The van der Waals surface area contributed by atoms with Crippen molar-refractivity contribution in [2.24, 2.45) is 0 Å². The van der Waals surface area contributed by atoms with Gasteiger partial charge >= 0.3 is 0 Å².